The molecule has 0 spiro atoms. The molecule has 1 saturated heterocycles. The first-order valence-electron chi connectivity index (χ1n) is 40.5. The van der Waals surface area contributed by atoms with Crippen molar-refractivity contribution in [3.8, 4) is 45.0 Å². The first kappa shape index (κ1) is 95.3. The van der Waals surface area contributed by atoms with Crippen molar-refractivity contribution in [3.63, 3.8) is 0 Å². The number of amides is 8. The summed E-state index contributed by atoms with van der Waals surface area (Å²) in [7, 11) is 0. The van der Waals surface area contributed by atoms with Gasteiger partial charge in [-0.3, -0.25) is 38.4 Å². The number of nitrogen functional groups attached to an aromatic ring is 4. The summed E-state index contributed by atoms with van der Waals surface area (Å²) in [5, 5.41) is 28.3. The Balaban J connectivity index is 0.000000178. The molecule has 5 heterocycles. The van der Waals surface area contributed by atoms with Crippen molar-refractivity contribution >= 4 is 70.5 Å². The Hall–Kier alpha value is -15.0. The Bertz CT molecular complexity index is 6220. The van der Waals surface area contributed by atoms with E-state index in [0.717, 1.165) is 29.7 Å². The molecule has 0 radical (unpaired) electrons. The molecule has 0 aliphatic carbocycles. The van der Waals surface area contributed by atoms with Gasteiger partial charge in [-0.05, 0) is 180 Å². The molecule has 1 aliphatic heterocycles. The maximum Gasteiger partial charge on any atom is 0.254 e. The highest BCUT2D eigenvalue weighted by atomic mass is 19.2. The lowest BCUT2D eigenvalue weighted by molar-refractivity contribution is 0.0941. The van der Waals surface area contributed by atoms with Gasteiger partial charge in [0.05, 0.1) is 24.7 Å². The predicted octanol–water partition coefficient (Wildman–Crippen LogP) is 13.6. The fourth-order valence-corrected chi connectivity index (χ4v) is 13.8. The van der Waals surface area contributed by atoms with Crippen LogP contribution in [0.25, 0.3) is 45.0 Å². The van der Waals surface area contributed by atoms with E-state index >= 15 is 4.39 Å². The number of carbonyl (C=O) groups excluding carboxylic acids is 8. The van der Waals surface area contributed by atoms with E-state index in [9.17, 15) is 64.7 Å². The zero-order chi connectivity index (χ0) is 93.7. The van der Waals surface area contributed by atoms with E-state index in [0.29, 0.717) is 81.1 Å². The van der Waals surface area contributed by atoms with Crippen LogP contribution in [-0.4, -0.2) is 99.6 Å². The number of nitrogens with zero attached hydrogens (tertiary/aromatic N) is 8. The molecule has 8 aromatic carbocycles. The van der Waals surface area contributed by atoms with Gasteiger partial charge in [-0.15, -0.1) is 0 Å². The summed E-state index contributed by atoms with van der Waals surface area (Å²) in [6, 6.07) is 36.7. The van der Waals surface area contributed by atoms with E-state index in [4.69, 9.17) is 50.6 Å². The Morgan fingerprint density at radius 2 is 0.773 bits per heavy atom. The minimum absolute atomic E-state index is 0.0115. The van der Waals surface area contributed by atoms with Gasteiger partial charge in [0.25, 0.3) is 47.3 Å². The molecule has 13 rings (SSSR count). The number of nitrogens with two attached hydrogens (primary N) is 8. The van der Waals surface area contributed by atoms with Crippen LogP contribution in [0, 0.1) is 74.3 Å². The van der Waals surface area contributed by atoms with Gasteiger partial charge in [0, 0.05) is 88.9 Å². The molecule has 29 nitrogen and oxygen atoms in total. The first-order chi connectivity index (χ1) is 60.6. The van der Waals surface area contributed by atoms with Gasteiger partial charge in [0.2, 0.25) is 0 Å². The SMILES string of the molecule is CCC(C)n1nc(-c2ccc(CNC(=O)c3cc(F)ccc3C)cc2)c(C(N)=O)c1N.Cc1ccc(F)cc1C(=O)NCc1ccc(-c2nn(C(C)C(C)C)c(N)c2C(N)=O)cc1.Cc1ccc(F)cc1C(=O)NCc1ccc(-c2nn(C(C)C)c(N)c2C(N)=O)c(F)c1.Cc1ccc(F)cc1C(=O)NCc1ccc(-c2nn(C3CCOC3)c(N)c2C(N)=O)c(F)c1F. The number of benzene rings is 8. The second kappa shape index (κ2) is 41.2. The normalized spacial score (nSPS) is 12.7. The fourth-order valence-electron chi connectivity index (χ4n) is 13.8. The number of carbonyl (C=O) groups is 8. The summed E-state index contributed by atoms with van der Waals surface area (Å²) in [5.41, 5.74) is 53.8. The van der Waals surface area contributed by atoms with E-state index in [1.165, 1.54) is 82.2 Å². The van der Waals surface area contributed by atoms with E-state index in [1.807, 2.05) is 72.7 Å². The first-order valence-corrected chi connectivity index (χ1v) is 40.5. The van der Waals surface area contributed by atoms with Crippen molar-refractivity contribution in [1.29, 1.82) is 0 Å². The molecule has 20 N–H and O–H groups in total. The van der Waals surface area contributed by atoms with Gasteiger partial charge in [0.1, 0.15) is 97.4 Å². The van der Waals surface area contributed by atoms with Crippen molar-refractivity contribution in [3.05, 3.63) is 281 Å². The number of halogens is 7. The topological polar surface area (TPSA) is 473 Å². The average Bonchev–Trinajstić information content (AvgIpc) is 1.38. The average molecular weight is 1760 g/mol. The second-order valence-corrected chi connectivity index (χ2v) is 31.2. The van der Waals surface area contributed by atoms with E-state index in [1.54, 1.807) is 79.5 Å². The lowest BCUT2D eigenvalue weighted by atomic mass is 10.0. The number of aryl methyl sites for hydroxylation is 4. The number of hydrogen-bond donors (Lipinski definition) is 12. The lowest BCUT2D eigenvalue weighted by Gasteiger charge is -2.17. The van der Waals surface area contributed by atoms with Crippen molar-refractivity contribution in [2.24, 2.45) is 28.9 Å². The van der Waals surface area contributed by atoms with Crippen LogP contribution in [0.2, 0.25) is 0 Å². The Morgan fingerprint density at radius 1 is 0.414 bits per heavy atom. The molecule has 1 aliphatic rings. The third-order valence-corrected chi connectivity index (χ3v) is 21.6. The summed E-state index contributed by atoms with van der Waals surface area (Å²) in [6.45, 7) is 21.5. The number of aromatic nitrogens is 8. The van der Waals surface area contributed by atoms with Crippen molar-refractivity contribution in [1.82, 2.24) is 60.4 Å². The number of anilines is 4. The number of nitrogens with one attached hydrogen (secondary N) is 4. The highest BCUT2D eigenvalue weighted by Gasteiger charge is 2.33. The predicted molar refractivity (Wildman–Crippen MR) is 471 cm³/mol. The molecule has 4 aromatic heterocycles. The highest BCUT2D eigenvalue weighted by Crippen LogP contribution is 2.38. The van der Waals surface area contributed by atoms with Crippen LogP contribution in [0.15, 0.2) is 152 Å². The van der Waals surface area contributed by atoms with Crippen LogP contribution in [0.5, 0.6) is 0 Å². The van der Waals surface area contributed by atoms with Crippen LogP contribution in [0.1, 0.15) is 213 Å². The number of primary amides is 4. The van der Waals surface area contributed by atoms with Crippen LogP contribution < -0.4 is 67.1 Å². The van der Waals surface area contributed by atoms with Gasteiger partial charge < -0.3 is 71.9 Å². The summed E-state index contributed by atoms with van der Waals surface area (Å²) < 4.78 is 110. The van der Waals surface area contributed by atoms with Crippen LogP contribution in [0.3, 0.4) is 0 Å². The van der Waals surface area contributed by atoms with Gasteiger partial charge >= 0.3 is 0 Å². The third kappa shape index (κ3) is 21.9. The summed E-state index contributed by atoms with van der Waals surface area (Å²) in [4.78, 5) is 97.5. The van der Waals surface area contributed by atoms with E-state index < -0.39 is 76.2 Å². The maximum atomic E-state index is 15.1. The van der Waals surface area contributed by atoms with E-state index in [-0.39, 0.29) is 153 Å². The molecular weight excluding hydrogens is 1660 g/mol. The molecule has 0 bridgehead atoms. The quantitative estimate of drug-likeness (QED) is 0.0224. The molecular formula is C92H99F7N20O9. The second-order valence-electron chi connectivity index (χ2n) is 31.2. The minimum atomic E-state index is -1.27. The summed E-state index contributed by atoms with van der Waals surface area (Å²) >= 11 is 0. The van der Waals surface area contributed by atoms with Crippen LogP contribution in [0.4, 0.5) is 54.0 Å². The largest absolute Gasteiger partial charge is 0.383 e. The highest BCUT2D eigenvalue weighted by molar-refractivity contribution is 6.06. The number of ether oxygens (including phenoxy) is 1. The van der Waals surface area contributed by atoms with Crippen molar-refractivity contribution < 1.29 is 73.8 Å². The molecule has 670 valence electrons. The molecule has 1 fully saturated rings. The summed E-state index contributed by atoms with van der Waals surface area (Å²) in [5.74, 6) is -9.23. The van der Waals surface area contributed by atoms with Gasteiger partial charge in [0.15, 0.2) is 11.6 Å². The summed E-state index contributed by atoms with van der Waals surface area (Å²) in [6.07, 6.45) is 1.39. The zero-order valence-corrected chi connectivity index (χ0v) is 72.0. The van der Waals surface area contributed by atoms with Gasteiger partial charge in [-0.1, -0.05) is 106 Å². The maximum absolute atomic E-state index is 15.1. The third-order valence-electron chi connectivity index (χ3n) is 21.6. The molecule has 0 saturated carbocycles. The monoisotopic (exact) mass is 1760 g/mol. The van der Waals surface area contributed by atoms with Crippen LogP contribution >= 0.6 is 0 Å². The Labute approximate surface area is 732 Å². The Kier molecular flexibility index (Phi) is 30.7. The smallest absolute Gasteiger partial charge is 0.254 e. The standard InChI is InChI=1S/C24H28FN5O2.C23H22F3N5O3.C23H26FN5O2.C22H23F2N5O2/c1-13(2)15(4)30-22(26)20(23(27)31)21(29-30)17-8-6-16(7-9-17)12-28-24(32)19-11-18(25)10-5-14(19)3;1-11-2-4-13(24)8-16(11)23(33)29-9-12-3-5-15(19(26)18(12)25)20-17(22(28)32)21(27)31(30-20)14-6-7-34-10-14;1-4-14(3)29-21(25)19(22(26)30)20(28-29)16-8-6-15(7-9-16)12-27-23(31)18-11-17(24)10-5-13(18)2;1-11(2)29-20(25)18(21(26)30)19(28-29)15-7-5-13(8-17(15)24)10-27-22(31)16-9-14(23)6-4-12(16)3/h5-11,13,15H,12,26H2,1-4H3,(H2,27,31)(H,28,32);2-5,8,14H,6-7,9-10,27H2,1H3,(H2,28,32)(H,29,33);5-11,14H,4,12,25H2,1-3H3,(H2,26,30)(H,27,31);4-9,11H,10,25H2,1-3H3,(H2,26,30)(H,27,31). The fraction of sp³-hybridized carbons (Fsp3) is 0.261. The molecule has 3 unspecified atom stereocenters. The molecule has 12 aromatic rings. The van der Waals surface area contributed by atoms with E-state index in [2.05, 4.69) is 41.7 Å². The van der Waals surface area contributed by atoms with Crippen LogP contribution in [-0.2, 0) is 30.9 Å². The van der Waals surface area contributed by atoms with Crippen molar-refractivity contribution in [2.45, 2.75) is 139 Å². The number of rotatable bonds is 26. The zero-order valence-electron chi connectivity index (χ0n) is 72.0. The molecule has 128 heavy (non-hydrogen) atoms. The molecule has 8 amide bonds. The van der Waals surface area contributed by atoms with Gasteiger partial charge in [-0.25, -0.2) is 49.5 Å². The lowest BCUT2D eigenvalue weighted by Crippen LogP contribution is -2.24. The van der Waals surface area contributed by atoms with Gasteiger partial charge in [-0.2, -0.15) is 20.4 Å². The molecule has 3 atom stereocenters. The minimum Gasteiger partial charge on any atom is -0.383 e. The Morgan fingerprint density at radius 3 is 1.16 bits per heavy atom. The number of hydrogen-bond acceptors (Lipinski definition) is 17. The van der Waals surface area contributed by atoms with Crippen molar-refractivity contribution in [2.75, 3.05) is 36.1 Å². The molecule has 36 heteroatoms.